The summed E-state index contributed by atoms with van der Waals surface area (Å²) in [7, 11) is -3.41. The number of hydrogen-bond acceptors (Lipinski definition) is 3. The number of benzene rings is 2. The molecule has 5 heteroatoms. The molecular formula is C19H26N2O2S. The fraction of sp³-hybridized carbons (Fsp3) is 0.474. The lowest BCUT2D eigenvalue weighted by Gasteiger charge is -2.37. The molecule has 3 rings (SSSR count). The summed E-state index contributed by atoms with van der Waals surface area (Å²) >= 11 is 0. The highest BCUT2D eigenvalue weighted by Crippen LogP contribution is 2.23. The molecular weight excluding hydrogens is 320 g/mol. The van der Waals surface area contributed by atoms with Crippen molar-refractivity contribution in [3.05, 3.63) is 42.5 Å². The van der Waals surface area contributed by atoms with Crippen molar-refractivity contribution in [1.82, 2.24) is 9.21 Å². The summed E-state index contributed by atoms with van der Waals surface area (Å²) in [6.07, 6.45) is 0. The molecule has 130 valence electrons. The van der Waals surface area contributed by atoms with Gasteiger partial charge in [0.1, 0.15) is 0 Å². The number of piperazine rings is 1. The van der Waals surface area contributed by atoms with Crippen molar-refractivity contribution in [2.45, 2.75) is 25.7 Å². The maximum absolute atomic E-state index is 12.9. The van der Waals surface area contributed by atoms with Gasteiger partial charge in [0, 0.05) is 32.7 Å². The lowest BCUT2D eigenvalue weighted by atomic mass is 9.96. The molecule has 0 saturated carbocycles. The molecule has 0 aromatic heterocycles. The van der Waals surface area contributed by atoms with Gasteiger partial charge in [-0.3, -0.25) is 0 Å². The second-order valence-electron chi connectivity index (χ2n) is 7.75. The van der Waals surface area contributed by atoms with E-state index in [1.807, 2.05) is 30.3 Å². The molecule has 24 heavy (non-hydrogen) atoms. The summed E-state index contributed by atoms with van der Waals surface area (Å²) in [5.74, 6) is 0. The molecule has 0 spiro atoms. The molecule has 0 N–H and O–H groups in total. The minimum atomic E-state index is -3.41. The maximum Gasteiger partial charge on any atom is 0.243 e. The first-order valence-electron chi connectivity index (χ1n) is 8.47. The van der Waals surface area contributed by atoms with Crippen LogP contribution in [0, 0.1) is 5.41 Å². The highest BCUT2D eigenvalue weighted by molar-refractivity contribution is 7.89. The van der Waals surface area contributed by atoms with Crippen LogP contribution in [0.4, 0.5) is 0 Å². The Balaban J connectivity index is 1.76. The smallest absolute Gasteiger partial charge is 0.243 e. The summed E-state index contributed by atoms with van der Waals surface area (Å²) in [6.45, 7) is 10.4. The van der Waals surface area contributed by atoms with Gasteiger partial charge >= 0.3 is 0 Å². The predicted octanol–water partition coefficient (Wildman–Crippen LogP) is 3.19. The van der Waals surface area contributed by atoms with E-state index in [9.17, 15) is 8.42 Å². The zero-order valence-electron chi connectivity index (χ0n) is 14.7. The molecule has 1 aliphatic rings. The van der Waals surface area contributed by atoms with Gasteiger partial charge in [-0.05, 0) is 28.3 Å². The molecule has 0 atom stereocenters. The highest BCUT2D eigenvalue weighted by atomic mass is 32.2. The van der Waals surface area contributed by atoms with Crippen LogP contribution < -0.4 is 0 Å². The van der Waals surface area contributed by atoms with Crippen molar-refractivity contribution in [2.24, 2.45) is 5.41 Å². The minimum absolute atomic E-state index is 0.236. The molecule has 1 fully saturated rings. The van der Waals surface area contributed by atoms with E-state index in [4.69, 9.17) is 0 Å². The number of sulfonamides is 1. The molecule has 0 unspecified atom stereocenters. The van der Waals surface area contributed by atoms with Crippen LogP contribution in [0.3, 0.4) is 0 Å². The second kappa shape index (κ2) is 6.47. The molecule has 1 heterocycles. The Hall–Kier alpha value is -1.43. The summed E-state index contributed by atoms with van der Waals surface area (Å²) in [5.41, 5.74) is 0.236. The van der Waals surface area contributed by atoms with Crippen LogP contribution in [-0.4, -0.2) is 50.3 Å². The quantitative estimate of drug-likeness (QED) is 0.857. The molecule has 4 nitrogen and oxygen atoms in total. The van der Waals surface area contributed by atoms with Crippen LogP contribution in [-0.2, 0) is 10.0 Å². The highest BCUT2D eigenvalue weighted by Gasteiger charge is 2.29. The third-order valence-electron chi connectivity index (χ3n) is 4.39. The van der Waals surface area contributed by atoms with Gasteiger partial charge < -0.3 is 4.90 Å². The fourth-order valence-corrected chi connectivity index (χ4v) is 4.73. The summed E-state index contributed by atoms with van der Waals surface area (Å²) in [5, 5.41) is 2.02. The lowest BCUT2D eigenvalue weighted by molar-refractivity contribution is 0.141. The number of rotatable bonds is 3. The van der Waals surface area contributed by atoms with E-state index < -0.39 is 10.0 Å². The van der Waals surface area contributed by atoms with Gasteiger partial charge in [0.05, 0.1) is 4.90 Å². The van der Waals surface area contributed by atoms with E-state index in [1.165, 1.54) is 0 Å². The second-order valence-corrected chi connectivity index (χ2v) is 9.69. The van der Waals surface area contributed by atoms with Gasteiger partial charge in [-0.25, -0.2) is 8.42 Å². The largest absolute Gasteiger partial charge is 0.300 e. The SMILES string of the molecule is CC(C)(C)CN1CCN(S(=O)(=O)c2ccc3ccccc3c2)CC1. The van der Waals surface area contributed by atoms with E-state index in [1.54, 1.807) is 16.4 Å². The van der Waals surface area contributed by atoms with E-state index in [-0.39, 0.29) is 5.41 Å². The van der Waals surface area contributed by atoms with E-state index in [2.05, 4.69) is 25.7 Å². The zero-order valence-corrected chi connectivity index (χ0v) is 15.5. The summed E-state index contributed by atoms with van der Waals surface area (Å²) < 4.78 is 27.5. The molecule has 0 bridgehead atoms. The molecule has 2 aromatic rings. The first-order valence-corrected chi connectivity index (χ1v) is 9.91. The first-order chi connectivity index (χ1) is 11.3. The maximum atomic E-state index is 12.9. The van der Waals surface area contributed by atoms with Crippen LogP contribution in [0.25, 0.3) is 10.8 Å². The Morgan fingerprint density at radius 3 is 2.17 bits per heavy atom. The molecule has 2 aromatic carbocycles. The van der Waals surface area contributed by atoms with Crippen molar-refractivity contribution in [3.63, 3.8) is 0 Å². The van der Waals surface area contributed by atoms with Crippen molar-refractivity contribution in [1.29, 1.82) is 0 Å². The Labute approximate surface area is 145 Å². The number of fused-ring (bicyclic) bond motifs is 1. The minimum Gasteiger partial charge on any atom is -0.300 e. The Morgan fingerprint density at radius 2 is 1.54 bits per heavy atom. The van der Waals surface area contributed by atoms with Crippen molar-refractivity contribution in [2.75, 3.05) is 32.7 Å². The van der Waals surface area contributed by atoms with E-state index in [0.717, 1.165) is 30.4 Å². The van der Waals surface area contributed by atoms with Gasteiger partial charge in [-0.15, -0.1) is 0 Å². The average Bonchev–Trinajstić information content (AvgIpc) is 2.53. The van der Waals surface area contributed by atoms with Gasteiger partial charge in [0.25, 0.3) is 0 Å². The van der Waals surface area contributed by atoms with Crippen LogP contribution in [0.2, 0.25) is 0 Å². The summed E-state index contributed by atoms with van der Waals surface area (Å²) in [6, 6.07) is 13.2. The van der Waals surface area contributed by atoms with Crippen LogP contribution in [0.1, 0.15) is 20.8 Å². The van der Waals surface area contributed by atoms with Gasteiger partial charge in [0.2, 0.25) is 10.0 Å². The Morgan fingerprint density at radius 1 is 0.917 bits per heavy atom. The predicted molar refractivity (Wildman–Crippen MR) is 98.6 cm³/mol. The normalized spacial score (nSPS) is 18.1. The van der Waals surface area contributed by atoms with Crippen LogP contribution in [0.5, 0.6) is 0 Å². The number of hydrogen-bond donors (Lipinski definition) is 0. The third kappa shape index (κ3) is 3.79. The standard InChI is InChI=1S/C19H26N2O2S/c1-19(2,3)15-20-10-12-21(13-11-20)24(22,23)18-9-8-16-6-4-5-7-17(16)14-18/h4-9,14H,10-13,15H2,1-3H3. The fourth-order valence-electron chi connectivity index (χ4n) is 3.28. The molecule has 0 radical (unpaired) electrons. The topological polar surface area (TPSA) is 40.6 Å². The average molecular weight is 346 g/mol. The van der Waals surface area contributed by atoms with Crippen LogP contribution >= 0.6 is 0 Å². The molecule has 0 aliphatic carbocycles. The molecule has 1 aliphatic heterocycles. The van der Waals surface area contributed by atoms with E-state index in [0.29, 0.717) is 18.0 Å². The number of nitrogens with zero attached hydrogens (tertiary/aromatic N) is 2. The Kier molecular flexibility index (Phi) is 4.69. The van der Waals surface area contributed by atoms with Crippen molar-refractivity contribution in [3.8, 4) is 0 Å². The molecule has 1 saturated heterocycles. The Bertz CT molecular complexity index is 817. The zero-order chi connectivity index (χ0) is 17.4. The van der Waals surface area contributed by atoms with Gasteiger partial charge in [-0.1, -0.05) is 51.1 Å². The first kappa shape index (κ1) is 17.4. The van der Waals surface area contributed by atoms with Crippen LogP contribution in [0.15, 0.2) is 47.4 Å². The van der Waals surface area contributed by atoms with Gasteiger partial charge in [-0.2, -0.15) is 4.31 Å². The molecule has 0 amide bonds. The lowest BCUT2D eigenvalue weighted by Crippen LogP contribution is -2.50. The van der Waals surface area contributed by atoms with Crippen molar-refractivity contribution >= 4 is 20.8 Å². The third-order valence-corrected chi connectivity index (χ3v) is 6.28. The summed E-state index contributed by atoms with van der Waals surface area (Å²) in [4.78, 5) is 2.75. The van der Waals surface area contributed by atoms with Gasteiger partial charge in [0.15, 0.2) is 0 Å². The van der Waals surface area contributed by atoms with E-state index >= 15 is 0 Å². The monoisotopic (exact) mass is 346 g/mol. The van der Waals surface area contributed by atoms with Crippen molar-refractivity contribution < 1.29 is 8.42 Å².